The molecule has 2 N–H and O–H groups in total. The Morgan fingerprint density at radius 2 is 1.93 bits per heavy atom. The number of ether oxygens (including phenoxy) is 2. The molecule has 2 aromatic rings. The molecule has 2 rings (SSSR count). The van der Waals surface area contributed by atoms with Crippen molar-refractivity contribution in [3.8, 4) is 11.5 Å². The average molecular weight is 449 g/mol. The zero-order chi connectivity index (χ0) is 21.9. The molecule has 30 heavy (non-hydrogen) atoms. The number of rotatable bonds is 10. The quantitative estimate of drug-likeness (QED) is 0.506. The summed E-state index contributed by atoms with van der Waals surface area (Å²) in [6.45, 7) is 5.43. The van der Waals surface area contributed by atoms with Gasteiger partial charge < -0.3 is 20.1 Å². The van der Waals surface area contributed by atoms with Crippen molar-refractivity contribution in [1.82, 2.24) is 10.6 Å². The zero-order valence-electron chi connectivity index (χ0n) is 17.7. The van der Waals surface area contributed by atoms with E-state index in [2.05, 4.69) is 24.5 Å². The van der Waals surface area contributed by atoms with Gasteiger partial charge in [0.15, 0.2) is 16.6 Å². The lowest BCUT2D eigenvalue weighted by Gasteiger charge is -2.14. The van der Waals surface area contributed by atoms with Crippen LogP contribution in [0.25, 0.3) is 0 Å². The van der Waals surface area contributed by atoms with Crippen molar-refractivity contribution in [2.75, 3.05) is 13.7 Å². The molecular weight excluding hydrogens is 420 g/mol. The van der Waals surface area contributed by atoms with Crippen LogP contribution >= 0.6 is 23.8 Å². The molecular formula is C23H29ClN2O3S. The lowest BCUT2D eigenvalue weighted by atomic mass is 10.1. The van der Waals surface area contributed by atoms with Crippen LogP contribution in [0.2, 0.25) is 5.02 Å². The first kappa shape index (κ1) is 24.0. The maximum atomic E-state index is 12.1. The summed E-state index contributed by atoms with van der Waals surface area (Å²) in [7, 11) is 1.62. The highest BCUT2D eigenvalue weighted by atomic mass is 35.5. The third kappa shape index (κ3) is 8.20. The van der Waals surface area contributed by atoms with E-state index in [0.717, 1.165) is 23.3 Å². The Bertz CT molecular complexity index is 858. The van der Waals surface area contributed by atoms with Gasteiger partial charge in [-0.1, -0.05) is 49.7 Å². The van der Waals surface area contributed by atoms with Crippen LogP contribution in [0.5, 0.6) is 11.5 Å². The van der Waals surface area contributed by atoms with Crippen molar-refractivity contribution in [3.05, 3.63) is 58.6 Å². The highest BCUT2D eigenvalue weighted by Crippen LogP contribution is 2.28. The number of amides is 1. The van der Waals surface area contributed by atoms with Crippen molar-refractivity contribution in [2.24, 2.45) is 5.92 Å². The maximum absolute atomic E-state index is 12.1. The van der Waals surface area contributed by atoms with E-state index in [1.807, 2.05) is 42.5 Å². The van der Waals surface area contributed by atoms with Gasteiger partial charge in [-0.2, -0.15) is 0 Å². The van der Waals surface area contributed by atoms with Crippen molar-refractivity contribution in [3.63, 3.8) is 0 Å². The molecule has 0 unspecified atom stereocenters. The molecule has 5 nitrogen and oxygen atoms in total. The summed E-state index contributed by atoms with van der Waals surface area (Å²) in [4.78, 5) is 12.1. The number of carbonyl (C=O) groups excluding carboxylic acids is 1. The second-order valence-corrected chi connectivity index (χ2v) is 8.15. The number of thiocarbonyl (C=S) groups is 1. The Balaban J connectivity index is 1.79. The normalized spacial score (nSPS) is 10.6. The first-order valence-electron chi connectivity index (χ1n) is 9.99. The Kier molecular flexibility index (Phi) is 9.91. The van der Waals surface area contributed by atoms with Gasteiger partial charge in [0.2, 0.25) is 5.91 Å². The lowest BCUT2D eigenvalue weighted by Crippen LogP contribution is -2.38. The minimum Gasteiger partial charge on any atom is -0.493 e. The van der Waals surface area contributed by atoms with Crippen molar-refractivity contribution in [2.45, 2.75) is 39.7 Å². The van der Waals surface area contributed by atoms with E-state index in [-0.39, 0.29) is 11.0 Å². The fourth-order valence-electron chi connectivity index (χ4n) is 2.71. The van der Waals surface area contributed by atoms with Crippen molar-refractivity contribution in [1.29, 1.82) is 0 Å². The molecule has 0 aromatic heterocycles. The summed E-state index contributed by atoms with van der Waals surface area (Å²) in [5.41, 5.74) is 1.91. The number of nitrogens with one attached hydrogen (secondary N) is 2. The lowest BCUT2D eigenvalue weighted by molar-refractivity contribution is -0.119. The Labute approximate surface area is 189 Å². The van der Waals surface area contributed by atoms with Crippen LogP contribution in [0.3, 0.4) is 0 Å². The molecule has 0 fully saturated rings. The Morgan fingerprint density at radius 3 is 2.63 bits per heavy atom. The van der Waals surface area contributed by atoms with Gasteiger partial charge in [-0.05, 0) is 60.3 Å². The standard InChI is InChI=1S/C23H29ClN2O3S/c1-16(2)12-13-29-20-10-8-17(14-21(20)28-3)15-25-23(30)26-22(27)11-9-18-6-4-5-7-19(18)24/h4-8,10,14,16H,9,11-13,15H2,1-3H3,(H2,25,26,27,30). The number of carbonyl (C=O) groups is 1. The minimum absolute atomic E-state index is 0.154. The second-order valence-electron chi connectivity index (χ2n) is 7.34. The van der Waals surface area contributed by atoms with E-state index in [0.29, 0.717) is 42.7 Å². The number of halogens is 1. The molecule has 0 aliphatic carbocycles. The molecule has 0 atom stereocenters. The number of benzene rings is 2. The molecule has 1 amide bonds. The summed E-state index contributed by atoms with van der Waals surface area (Å²) in [6, 6.07) is 13.2. The first-order chi connectivity index (χ1) is 14.4. The van der Waals surface area contributed by atoms with Crippen molar-refractivity contribution < 1.29 is 14.3 Å². The molecule has 0 saturated carbocycles. The molecule has 0 saturated heterocycles. The molecule has 0 bridgehead atoms. The molecule has 162 valence electrons. The van der Waals surface area contributed by atoms with Crippen LogP contribution in [0.4, 0.5) is 0 Å². The predicted octanol–water partition coefficient (Wildman–Crippen LogP) is 4.90. The van der Waals surface area contributed by atoms with E-state index in [1.165, 1.54) is 0 Å². The van der Waals surface area contributed by atoms with Gasteiger partial charge in [0.25, 0.3) is 0 Å². The van der Waals surface area contributed by atoms with Crippen LogP contribution < -0.4 is 20.1 Å². The summed E-state index contributed by atoms with van der Waals surface area (Å²) < 4.78 is 11.2. The minimum atomic E-state index is -0.154. The molecule has 0 aliphatic rings. The number of hydrogen-bond acceptors (Lipinski definition) is 4. The van der Waals surface area contributed by atoms with Gasteiger partial charge in [0, 0.05) is 18.0 Å². The monoisotopic (exact) mass is 448 g/mol. The fraction of sp³-hybridized carbons (Fsp3) is 0.391. The summed E-state index contributed by atoms with van der Waals surface area (Å²) in [5.74, 6) is 1.82. The van der Waals surface area contributed by atoms with Crippen LogP contribution in [0.15, 0.2) is 42.5 Å². The molecule has 0 spiro atoms. The molecule has 7 heteroatoms. The van der Waals surface area contributed by atoms with Gasteiger partial charge in [0.05, 0.1) is 13.7 Å². The van der Waals surface area contributed by atoms with Gasteiger partial charge in [-0.25, -0.2) is 0 Å². The highest BCUT2D eigenvalue weighted by molar-refractivity contribution is 7.80. The molecule has 2 aromatic carbocycles. The Hall–Kier alpha value is -2.31. The largest absolute Gasteiger partial charge is 0.493 e. The van der Waals surface area contributed by atoms with Gasteiger partial charge in [-0.3, -0.25) is 4.79 Å². The highest BCUT2D eigenvalue weighted by Gasteiger charge is 2.09. The van der Waals surface area contributed by atoms with Crippen LogP contribution in [0, 0.1) is 5.92 Å². The zero-order valence-corrected chi connectivity index (χ0v) is 19.2. The summed E-state index contributed by atoms with van der Waals surface area (Å²) in [6.07, 6.45) is 1.85. The SMILES string of the molecule is COc1cc(CNC(=S)NC(=O)CCc2ccccc2Cl)ccc1OCCC(C)C. The van der Waals surface area contributed by atoms with E-state index >= 15 is 0 Å². The third-order valence-corrected chi connectivity index (χ3v) is 5.08. The van der Waals surface area contributed by atoms with Crippen LogP contribution in [0.1, 0.15) is 37.8 Å². The van der Waals surface area contributed by atoms with E-state index < -0.39 is 0 Å². The maximum Gasteiger partial charge on any atom is 0.226 e. The van der Waals surface area contributed by atoms with E-state index in [1.54, 1.807) is 7.11 Å². The summed E-state index contributed by atoms with van der Waals surface area (Å²) in [5, 5.41) is 6.70. The van der Waals surface area contributed by atoms with Crippen LogP contribution in [-0.2, 0) is 17.8 Å². The van der Waals surface area contributed by atoms with E-state index in [4.69, 9.17) is 33.3 Å². The number of hydrogen-bond donors (Lipinski definition) is 2. The average Bonchev–Trinajstić information content (AvgIpc) is 2.72. The van der Waals surface area contributed by atoms with Gasteiger partial charge >= 0.3 is 0 Å². The third-order valence-electron chi connectivity index (χ3n) is 4.47. The smallest absolute Gasteiger partial charge is 0.226 e. The number of methoxy groups -OCH3 is 1. The second kappa shape index (κ2) is 12.4. The van der Waals surface area contributed by atoms with E-state index in [9.17, 15) is 4.79 Å². The van der Waals surface area contributed by atoms with Gasteiger partial charge in [0.1, 0.15) is 0 Å². The predicted molar refractivity (Wildman–Crippen MR) is 125 cm³/mol. The Morgan fingerprint density at radius 1 is 1.17 bits per heavy atom. The van der Waals surface area contributed by atoms with Crippen molar-refractivity contribution >= 4 is 34.8 Å². The fourth-order valence-corrected chi connectivity index (χ4v) is 3.13. The van der Waals surface area contributed by atoms with Crippen LogP contribution in [-0.4, -0.2) is 24.7 Å². The summed E-state index contributed by atoms with van der Waals surface area (Å²) >= 11 is 11.3. The topological polar surface area (TPSA) is 59.6 Å². The molecule has 0 aliphatic heterocycles. The van der Waals surface area contributed by atoms with Gasteiger partial charge in [-0.15, -0.1) is 0 Å². The number of aryl methyl sites for hydroxylation is 1. The molecule has 0 radical (unpaired) electrons. The first-order valence-corrected chi connectivity index (χ1v) is 10.8. The molecule has 0 heterocycles.